The lowest BCUT2D eigenvalue weighted by Crippen LogP contribution is -2.33. The molecule has 8 nitrogen and oxygen atoms in total. The molecule has 0 unspecified atom stereocenters. The van der Waals surface area contributed by atoms with Crippen LogP contribution in [0.2, 0.25) is 0 Å². The van der Waals surface area contributed by atoms with E-state index in [1.54, 1.807) is 18.9 Å². The number of ether oxygens (including phenoxy) is 2. The molecule has 1 saturated heterocycles. The van der Waals surface area contributed by atoms with E-state index in [9.17, 15) is 14.0 Å². The van der Waals surface area contributed by atoms with Crippen molar-refractivity contribution in [2.45, 2.75) is 26.7 Å². The van der Waals surface area contributed by atoms with E-state index in [1.807, 2.05) is 0 Å². The Hall–Kier alpha value is -2.97. The third-order valence-electron chi connectivity index (χ3n) is 4.58. The molecule has 0 spiro atoms. The highest BCUT2D eigenvalue weighted by Crippen LogP contribution is 2.32. The molecule has 1 N–H and O–H groups in total. The Balaban J connectivity index is 1.79. The van der Waals surface area contributed by atoms with Crippen LogP contribution in [0, 0.1) is 11.7 Å². The lowest BCUT2D eigenvalue weighted by atomic mass is 9.98. The lowest BCUT2D eigenvalue weighted by molar-refractivity contribution is -0.149. The fourth-order valence-corrected chi connectivity index (χ4v) is 3.16. The molecule has 0 aliphatic carbocycles. The molecule has 28 heavy (non-hydrogen) atoms. The maximum absolute atomic E-state index is 13.7. The van der Waals surface area contributed by atoms with Crippen molar-refractivity contribution in [2.24, 2.45) is 16.3 Å². The number of halogens is 1. The van der Waals surface area contributed by atoms with Gasteiger partial charge in [0.2, 0.25) is 0 Å². The van der Waals surface area contributed by atoms with Crippen LogP contribution in [0.1, 0.15) is 37.2 Å². The average Bonchev–Trinajstić information content (AvgIpc) is 3.05. The van der Waals surface area contributed by atoms with E-state index in [0.29, 0.717) is 43.4 Å². The van der Waals surface area contributed by atoms with E-state index >= 15 is 0 Å². The summed E-state index contributed by atoms with van der Waals surface area (Å²) < 4.78 is 23.8. The standard InChI is InChI=1S/C19H23FN4O4/c1-3-27-18(25)12-7-9-24(10-8-12)23-22-16-14-11-13(20)5-6-15(14)21-17(16)19(26)28-4-2/h5-6,11-12,21H,3-4,7-10H2,1-2H3. The van der Waals surface area contributed by atoms with Crippen molar-refractivity contribution in [2.75, 3.05) is 26.3 Å². The number of esters is 2. The number of piperidine rings is 1. The van der Waals surface area contributed by atoms with Gasteiger partial charge in [-0.05, 0) is 44.9 Å². The molecule has 3 rings (SSSR count). The van der Waals surface area contributed by atoms with Crippen LogP contribution in [-0.4, -0.2) is 48.2 Å². The number of carbonyl (C=O) groups is 2. The second-order valence-electron chi connectivity index (χ2n) is 6.43. The summed E-state index contributed by atoms with van der Waals surface area (Å²) >= 11 is 0. The van der Waals surface area contributed by atoms with Gasteiger partial charge in [0.25, 0.3) is 0 Å². The minimum Gasteiger partial charge on any atom is -0.466 e. The van der Waals surface area contributed by atoms with Crippen molar-refractivity contribution in [3.63, 3.8) is 0 Å². The quantitative estimate of drug-likeness (QED) is 0.598. The summed E-state index contributed by atoms with van der Waals surface area (Å²) in [5, 5.41) is 10.6. The maximum Gasteiger partial charge on any atom is 0.357 e. The van der Waals surface area contributed by atoms with Crippen LogP contribution in [0.3, 0.4) is 0 Å². The number of benzene rings is 1. The Morgan fingerprint density at radius 1 is 1.21 bits per heavy atom. The first-order chi connectivity index (χ1) is 13.5. The Morgan fingerprint density at radius 3 is 2.61 bits per heavy atom. The second-order valence-corrected chi connectivity index (χ2v) is 6.43. The highest BCUT2D eigenvalue weighted by atomic mass is 19.1. The number of carbonyl (C=O) groups excluding carboxylic acids is 2. The van der Waals surface area contributed by atoms with Crippen LogP contribution in [0.25, 0.3) is 10.9 Å². The van der Waals surface area contributed by atoms with Crippen LogP contribution in [0.15, 0.2) is 28.5 Å². The molecule has 0 atom stereocenters. The summed E-state index contributed by atoms with van der Waals surface area (Å²) in [4.78, 5) is 27.0. The molecule has 0 bridgehead atoms. The van der Waals surface area contributed by atoms with E-state index in [0.717, 1.165) is 0 Å². The van der Waals surface area contributed by atoms with Gasteiger partial charge in [0.05, 0.1) is 19.1 Å². The Morgan fingerprint density at radius 2 is 1.93 bits per heavy atom. The van der Waals surface area contributed by atoms with E-state index in [2.05, 4.69) is 15.3 Å². The van der Waals surface area contributed by atoms with Gasteiger partial charge >= 0.3 is 11.9 Å². The van der Waals surface area contributed by atoms with Gasteiger partial charge < -0.3 is 14.5 Å². The van der Waals surface area contributed by atoms with E-state index in [1.165, 1.54) is 18.2 Å². The van der Waals surface area contributed by atoms with Gasteiger partial charge in [-0.2, -0.15) is 0 Å². The normalized spacial score (nSPS) is 15.3. The SMILES string of the molecule is CCOC(=O)c1[nH]c2ccc(F)cc2c1N=NN1CCC(C(=O)OCC)CC1. The van der Waals surface area contributed by atoms with Gasteiger partial charge in [-0.25, -0.2) is 9.18 Å². The van der Waals surface area contributed by atoms with E-state index in [4.69, 9.17) is 9.47 Å². The topological polar surface area (TPSA) is 96.4 Å². The van der Waals surface area contributed by atoms with Crippen molar-refractivity contribution in [1.82, 2.24) is 9.99 Å². The van der Waals surface area contributed by atoms with Gasteiger partial charge in [0, 0.05) is 24.0 Å². The van der Waals surface area contributed by atoms with Crippen LogP contribution >= 0.6 is 0 Å². The molecule has 0 radical (unpaired) electrons. The third-order valence-corrected chi connectivity index (χ3v) is 4.58. The Kier molecular flexibility index (Phi) is 6.23. The number of hydrogen-bond acceptors (Lipinski definition) is 6. The van der Waals surface area contributed by atoms with Crippen molar-refractivity contribution in [3.8, 4) is 0 Å². The smallest absolute Gasteiger partial charge is 0.357 e. The Labute approximate surface area is 161 Å². The number of aromatic nitrogens is 1. The zero-order valence-electron chi connectivity index (χ0n) is 15.9. The highest BCUT2D eigenvalue weighted by Gasteiger charge is 2.26. The minimum atomic E-state index is -0.575. The van der Waals surface area contributed by atoms with Crippen molar-refractivity contribution in [1.29, 1.82) is 0 Å². The number of rotatable bonds is 6. The number of fused-ring (bicyclic) bond motifs is 1. The molecule has 2 aromatic rings. The molecule has 1 aliphatic heterocycles. The third kappa shape index (κ3) is 4.29. The number of H-pyrrole nitrogens is 1. The maximum atomic E-state index is 13.7. The van der Waals surface area contributed by atoms with Gasteiger partial charge in [-0.1, -0.05) is 5.22 Å². The number of hydrogen-bond donors (Lipinski definition) is 1. The number of aromatic amines is 1. The summed E-state index contributed by atoms with van der Waals surface area (Å²) in [5.41, 5.74) is 0.937. The molecule has 2 heterocycles. The monoisotopic (exact) mass is 390 g/mol. The molecular formula is C19H23FN4O4. The predicted octanol–water partition coefficient (Wildman–Crippen LogP) is 3.76. The number of nitrogens with one attached hydrogen (secondary N) is 1. The zero-order chi connectivity index (χ0) is 20.1. The molecule has 0 saturated carbocycles. The summed E-state index contributed by atoms with van der Waals surface area (Å²) in [6, 6.07) is 4.14. The first-order valence-corrected chi connectivity index (χ1v) is 9.35. The summed E-state index contributed by atoms with van der Waals surface area (Å²) in [7, 11) is 0. The average molecular weight is 390 g/mol. The summed E-state index contributed by atoms with van der Waals surface area (Å²) in [6.07, 6.45) is 1.23. The van der Waals surface area contributed by atoms with Gasteiger partial charge in [0.15, 0.2) is 5.69 Å². The zero-order valence-corrected chi connectivity index (χ0v) is 15.9. The minimum absolute atomic E-state index is 0.132. The molecule has 1 aliphatic rings. The molecule has 1 fully saturated rings. The molecule has 1 aromatic carbocycles. The molecule has 9 heteroatoms. The van der Waals surface area contributed by atoms with Crippen LogP contribution in [0.5, 0.6) is 0 Å². The predicted molar refractivity (Wildman–Crippen MR) is 99.7 cm³/mol. The summed E-state index contributed by atoms with van der Waals surface area (Å²) in [6.45, 7) is 5.14. The van der Waals surface area contributed by atoms with Gasteiger partial charge in [-0.15, -0.1) is 5.11 Å². The van der Waals surface area contributed by atoms with Crippen LogP contribution in [0.4, 0.5) is 10.1 Å². The molecule has 150 valence electrons. The first-order valence-electron chi connectivity index (χ1n) is 9.35. The fourth-order valence-electron chi connectivity index (χ4n) is 3.16. The lowest BCUT2D eigenvalue weighted by Gasteiger charge is -2.27. The highest BCUT2D eigenvalue weighted by molar-refractivity contribution is 6.04. The molecule has 0 amide bonds. The summed E-state index contributed by atoms with van der Waals surface area (Å²) in [5.74, 6) is -1.33. The molecular weight excluding hydrogens is 367 g/mol. The van der Waals surface area contributed by atoms with Gasteiger partial charge in [0.1, 0.15) is 11.5 Å². The van der Waals surface area contributed by atoms with E-state index < -0.39 is 11.8 Å². The molecule has 1 aromatic heterocycles. The van der Waals surface area contributed by atoms with Crippen molar-refractivity contribution in [3.05, 3.63) is 29.7 Å². The van der Waals surface area contributed by atoms with Crippen molar-refractivity contribution < 1.29 is 23.5 Å². The fraction of sp³-hybridized carbons (Fsp3) is 0.474. The Bertz CT molecular complexity index is 887. The van der Waals surface area contributed by atoms with Gasteiger partial charge in [-0.3, -0.25) is 9.80 Å². The second kappa shape index (κ2) is 8.81. The largest absolute Gasteiger partial charge is 0.466 e. The van der Waals surface area contributed by atoms with E-state index in [-0.39, 0.29) is 29.9 Å². The van der Waals surface area contributed by atoms with Crippen LogP contribution in [-0.2, 0) is 14.3 Å². The number of nitrogens with zero attached hydrogens (tertiary/aromatic N) is 3. The van der Waals surface area contributed by atoms with Crippen LogP contribution < -0.4 is 0 Å². The first kappa shape index (κ1) is 19.8. The van der Waals surface area contributed by atoms with Crippen molar-refractivity contribution >= 4 is 28.5 Å².